The Morgan fingerprint density at radius 3 is 2.48 bits per heavy atom. The maximum Gasteiger partial charge on any atom is 0.257 e. The molecule has 0 saturated heterocycles. The van der Waals surface area contributed by atoms with Gasteiger partial charge in [-0.2, -0.15) is 4.98 Å². The minimum Gasteiger partial charge on any atom is -0.349 e. The summed E-state index contributed by atoms with van der Waals surface area (Å²) in [6, 6.07) is 14.1. The van der Waals surface area contributed by atoms with Crippen molar-refractivity contribution in [1.82, 2.24) is 15.5 Å². The molecule has 1 aliphatic rings. The maximum absolute atomic E-state index is 12.5. The maximum atomic E-state index is 12.5. The summed E-state index contributed by atoms with van der Waals surface area (Å²) in [5.74, 6) is 0.585. The summed E-state index contributed by atoms with van der Waals surface area (Å²) in [5.41, 5.74) is 2.33. The molecule has 1 fully saturated rings. The normalized spacial score (nSPS) is 13.2. The highest BCUT2D eigenvalue weighted by molar-refractivity contribution is 6.05. The van der Waals surface area contributed by atoms with Gasteiger partial charge in [0.05, 0.1) is 0 Å². The molecule has 0 bridgehead atoms. The number of amides is 2. The Labute approximate surface area is 155 Å². The van der Waals surface area contributed by atoms with Crippen molar-refractivity contribution in [3.05, 3.63) is 65.5 Å². The summed E-state index contributed by atoms with van der Waals surface area (Å²) in [5, 5.41) is 9.50. The Bertz CT molecular complexity index is 990. The van der Waals surface area contributed by atoms with Gasteiger partial charge < -0.3 is 15.2 Å². The van der Waals surface area contributed by atoms with E-state index in [1.807, 2.05) is 0 Å². The zero-order valence-corrected chi connectivity index (χ0v) is 14.7. The molecular formula is C20H18N4O3. The quantitative estimate of drug-likeness (QED) is 0.726. The predicted molar refractivity (Wildman–Crippen MR) is 99.4 cm³/mol. The van der Waals surface area contributed by atoms with E-state index in [1.54, 1.807) is 55.5 Å². The van der Waals surface area contributed by atoms with E-state index < -0.39 is 0 Å². The molecule has 0 radical (unpaired) electrons. The van der Waals surface area contributed by atoms with Gasteiger partial charge in [0.1, 0.15) is 0 Å². The number of aryl methyl sites for hydroxylation is 1. The van der Waals surface area contributed by atoms with Crippen LogP contribution in [0.15, 0.2) is 53.1 Å². The molecule has 2 N–H and O–H groups in total. The first-order valence-corrected chi connectivity index (χ1v) is 8.71. The standard InChI is InChI=1S/C20H18N4O3/c1-12-21-20(27-24-12)14-7-5-13(6-8-14)18(25)23-17-4-2-3-15(11-17)19(26)22-16-9-10-16/h2-8,11,16H,9-10H2,1H3,(H,22,26)(H,23,25). The van der Waals surface area contributed by atoms with Crippen molar-refractivity contribution in [3.8, 4) is 11.5 Å². The van der Waals surface area contributed by atoms with Gasteiger partial charge in [-0.1, -0.05) is 11.2 Å². The number of rotatable bonds is 5. The Morgan fingerprint density at radius 2 is 1.81 bits per heavy atom. The number of nitrogens with zero attached hydrogens (tertiary/aromatic N) is 2. The molecule has 136 valence electrons. The Hall–Kier alpha value is -3.48. The van der Waals surface area contributed by atoms with E-state index in [-0.39, 0.29) is 17.9 Å². The smallest absolute Gasteiger partial charge is 0.257 e. The molecule has 1 aromatic heterocycles. The Kier molecular flexibility index (Phi) is 4.42. The van der Waals surface area contributed by atoms with Crippen LogP contribution < -0.4 is 10.6 Å². The lowest BCUT2D eigenvalue weighted by atomic mass is 10.1. The van der Waals surface area contributed by atoms with Gasteiger partial charge in [0.15, 0.2) is 5.82 Å². The van der Waals surface area contributed by atoms with E-state index in [9.17, 15) is 9.59 Å². The minimum atomic E-state index is -0.261. The molecule has 0 unspecified atom stereocenters. The zero-order chi connectivity index (χ0) is 18.8. The highest BCUT2D eigenvalue weighted by atomic mass is 16.5. The lowest BCUT2D eigenvalue weighted by molar-refractivity contribution is 0.0949. The van der Waals surface area contributed by atoms with E-state index in [0.717, 1.165) is 18.4 Å². The lowest BCUT2D eigenvalue weighted by Gasteiger charge is -2.08. The second-order valence-corrected chi connectivity index (χ2v) is 6.51. The fraction of sp³-hybridized carbons (Fsp3) is 0.200. The fourth-order valence-corrected chi connectivity index (χ4v) is 2.62. The summed E-state index contributed by atoms with van der Waals surface area (Å²) in [6.45, 7) is 1.74. The van der Waals surface area contributed by atoms with Crippen molar-refractivity contribution in [2.45, 2.75) is 25.8 Å². The third kappa shape index (κ3) is 4.03. The van der Waals surface area contributed by atoms with E-state index in [0.29, 0.717) is 28.5 Å². The molecule has 2 amide bonds. The molecule has 0 aliphatic heterocycles. The van der Waals surface area contributed by atoms with Crippen LogP contribution in [0.25, 0.3) is 11.5 Å². The van der Waals surface area contributed by atoms with Gasteiger partial charge >= 0.3 is 0 Å². The van der Waals surface area contributed by atoms with Crippen LogP contribution in [-0.2, 0) is 0 Å². The topological polar surface area (TPSA) is 97.1 Å². The van der Waals surface area contributed by atoms with Crippen LogP contribution in [0, 0.1) is 6.92 Å². The number of benzene rings is 2. The van der Waals surface area contributed by atoms with Crippen LogP contribution in [0.1, 0.15) is 39.4 Å². The molecule has 1 saturated carbocycles. The molecule has 3 aromatic rings. The van der Waals surface area contributed by atoms with Gasteiger partial charge in [0.25, 0.3) is 17.7 Å². The van der Waals surface area contributed by atoms with Gasteiger partial charge in [-0.05, 0) is 62.2 Å². The van der Waals surface area contributed by atoms with Gasteiger partial charge in [0.2, 0.25) is 0 Å². The number of carbonyl (C=O) groups is 2. The third-order valence-electron chi connectivity index (χ3n) is 4.22. The van der Waals surface area contributed by atoms with E-state index in [4.69, 9.17) is 4.52 Å². The number of hydrogen-bond acceptors (Lipinski definition) is 5. The van der Waals surface area contributed by atoms with Crippen LogP contribution in [0.5, 0.6) is 0 Å². The second kappa shape index (κ2) is 7.03. The first kappa shape index (κ1) is 17.0. The number of carbonyl (C=O) groups excluding carboxylic acids is 2. The summed E-state index contributed by atoms with van der Waals surface area (Å²) in [4.78, 5) is 28.8. The Morgan fingerprint density at radius 1 is 1.04 bits per heavy atom. The van der Waals surface area contributed by atoms with Crippen molar-refractivity contribution in [1.29, 1.82) is 0 Å². The molecule has 1 aliphatic carbocycles. The van der Waals surface area contributed by atoms with Crippen molar-refractivity contribution >= 4 is 17.5 Å². The van der Waals surface area contributed by atoms with Crippen LogP contribution >= 0.6 is 0 Å². The molecule has 2 aromatic carbocycles. The van der Waals surface area contributed by atoms with Crippen molar-refractivity contribution in [2.75, 3.05) is 5.32 Å². The highest BCUT2D eigenvalue weighted by Crippen LogP contribution is 2.21. The van der Waals surface area contributed by atoms with Crippen molar-refractivity contribution < 1.29 is 14.1 Å². The van der Waals surface area contributed by atoms with E-state index in [1.165, 1.54) is 0 Å². The van der Waals surface area contributed by atoms with Gasteiger partial charge in [-0.25, -0.2) is 0 Å². The molecular weight excluding hydrogens is 344 g/mol. The first-order chi connectivity index (χ1) is 13.1. The number of nitrogens with one attached hydrogen (secondary N) is 2. The average molecular weight is 362 g/mol. The molecule has 0 atom stereocenters. The van der Waals surface area contributed by atoms with E-state index >= 15 is 0 Å². The SMILES string of the molecule is Cc1noc(-c2ccc(C(=O)Nc3cccc(C(=O)NC4CC4)c3)cc2)n1. The number of anilines is 1. The molecule has 27 heavy (non-hydrogen) atoms. The second-order valence-electron chi connectivity index (χ2n) is 6.51. The highest BCUT2D eigenvalue weighted by Gasteiger charge is 2.23. The Balaban J connectivity index is 1.44. The molecule has 7 heteroatoms. The van der Waals surface area contributed by atoms with Crippen molar-refractivity contribution in [3.63, 3.8) is 0 Å². The molecule has 0 spiro atoms. The summed E-state index contributed by atoms with van der Waals surface area (Å²) in [7, 11) is 0. The van der Waals surface area contributed by atoms with Crippen LogP contribution in [0.4, 0.5) is 5.69 Å². The predicted octanol–water partition coefficient (Wildman–Crippen LogP) is 3.19. The van der Waals surface area contributed by atoms with Gasteiger partial charge in [0, 0.05) is 28.4 Å². The summed E-state index contributed by atoms with van der Waals surface area (Å²) < 4.78 is 5.11. The fourth-order valence-electron chi connectivity index (χ4n) is 2.62. The molecule has 7 nitrogen and oxygen atoms in total. The van der Waals surface area contributed by atoms with Gasteiger partial charge in [-0.15, -0.1) is 0 Å². The third-order valence-corrected chi connectivity index (χ3v) is 4.22. The largest absolute Gasteiger partial charge is 0.349 e. The first-order valence-electron chi connectivity index (χ1n) is 8.71. The average Bonchev–Trinajstić information content (AvgIpc) is 3.39. The lowest BCUT2D eigenvalue weighted by Crippen LogP contribution is -2.25. The minimum absolute atomic E-state index is 0.118. The summed E-state index contributed by atoms with van der Waals surface area (Å²) >= 11 is 0. The summed E-state index contributed by atoms with van der Waals surface area (Å²) in [6.07, 6.45) is 2.06. The molecule has 1 heterocycles. The van der Waals surface area contributed by atoms with Crippen LogP contribution in [0.2, 0.25) is 0 Å². The van der Waals surface area contributed by atoms with Crippen molar-refractivity contribution in [2.24, 2.45) is 0 Å². The zero-order valence-electron chi connectivity index (χ0n) is 14.7. The number of hydrogen-bond donors (Lipinski definition) is 2. The number of aromatic nitrogens is 2. The molecule has 4 rings (SSSR count). The van der Waals surface area contributed by atoms with E-state index in [2.05, 4.69) is 20.8 Å². The van der Waals surface area contributed by atoms with Crippen LogP contribution in [-0.4, -0.2) is 28.0 Å². The monoisotopic (exact) mass is 362 g/mol. The van der Waals surface area contributed by atoms with Crippen LogP contribution in [0.3, 0.4) is 0 Å². The van der Waals surface area contributed by atoms with Gasteiger partial charge in [-0.3, -0.25) is 9.59 Å².